The van der Waals surface area contributed by atoms with Crippen molar-refractivity contribution in [2.45, 2.75) is 13.0 Å². The van der Waals surface area contributed by atoms with E-state index in [2.05, 4.69) is 5.32 Å². The van der Waals surface area contributed by atoms with Crippen LogP contribution in [0.4, 0.5) is 36.3 Å². The minimum atomic E-state index is -0.812. The zero-order valence-corrected chi connectivity index (χ0v) is 19.6. The molecular weight excluding hydrogens is 484 g/mol. The Morgan fingerprint density at radius 3 is 2.49 bits per heavy atom. The number of nitrogens with one attached hydrogen (secondary N) is 1. The zero-order chi connectivity index (χ0) is 25.1. The van der Waals surface area contributed by atoms with Crippen LogP contribution < -0.4 is 20.2 Å². The van der Waals surface area contributed by atoms with E-state index in [0.717, 1.165) is 12.1 Å². The van der Waals surface area contributed by atoms with Crippen LogP contribution in [-0.4, -0.2) is 61.4 Å². The monoisotopic (exact) mass is 507 g/mol. The van der Waals surface area contributed by atoms with Crippen molar-refractivity contribution in [3.05, 3.63) is 58.1 Å². The Labute approximate surface area is 205 Å². The van der Waals surface area contributed by atoms with Crippen LogP contribution in [-0.2, 0) is 9.57 Å². The second kappa shape index (κ2) is 10.4. The van der Waals surface area contributed by atoms with E-state index in [-0.39, 0.29) is 49.8 Å². The van der Waals surface area contributed by atoms with Gasteiger partial charge >= 0.3 is 6.09 Å². The number of carbonyl (C=O) groups is 1. The van der Waals surface area contributed by atoms with E-state index >= 15 is 8.78 Å². The van der Waals surface area contributed by atoms with Crippen molar-refractivity contribution >= 4 is 46.0 Å². The van der Waals surface area contributed by atoms with Crippen LogP contribution in [0.15, 0.2) is 36.4 Å². The van der Waals surface area contributed by atoms with E-state index < -0.39 is 28.8 Å². The third-order valence-electron chi connectivity index (χ3n) is 5.61. The summed E-state index contributed by atoms with van der Waals surface area (Å²) < 4.78 is 35.4. The number of non-ortho nitro benzene ring substituents is 1. The normalized spacial score (nSPS) is 18.3. The number of hydroxylamine groups is 1. The van der Waals surface area contributed by atoms with Crippen molar-refractivity contribution in [1.82, 2.24) is 5.32 Å². The molecule has 0 radical (unpaired) electrons. The average Bonchev–Trinajstić information content (AvgIpc) is 3.02. The molecule has 2 aromatic rings. The molecule has 0 bridgehead atoms. The van der Waals surface area contributed by atoms with Crippen molar-refractivity contribution in [2.75, 3.05) is 54.2 Å². The van der Waals surface area contributed by atoms with Crippen molar-refractivity contribution in [1.29, 1.82) is 0 Å². The molecule has 4 rings (SSSR count). The smallest absolute Gasteiger partial charge is 0.414 e. The molecular formula is C22H23F2N5O5S. The highest BCUT2D eigenvalue weighted by molar-refractivity contribution is 7.80. The average molecular weight is 508 g/mol. The molecule has 0 aromatic heterocycles. The number of nitro groups is 1. The summed E-state index contributed by atoms with van der Waals surface area (Å²) in [5, 5.41) is 15.3. The molecule has 2 heterocycles. The van der Waals surface area contributed by atoms with Gasteiger partial charge in [-0.2, -0.15) is 0 Å². The molecule has 2 aromatic carbocycles. The number of amides is 1. The Balaban J connectivity index is 1.45. The highest BCUT2D eigenvalue weighted by Crippen LogP contribution is 2.32. The van der Waals surface area contributed by atoms with Gasteiger partial charge in [-0.15, -0.1) is 0 Å². The summed E-state index contributed by atoms with van der Waals surface area (Å²) in [6.45, 7) is 3.00. The highest BCUT2D eigenvalue weighted by Gasteiger charge is 2.34. The number of thiocarbonyl (C=S) groups is 1. The molecule has 0 aliphatic carbocycles. The summed E-state index contributed by atoms with van der Waals surface area (Å²) in [4.78, 5) is 31.5. The van der Waals surface area contributed by atoms with Crippen LogP contribution >= 0.6 is 12.2 Å². The van der Waals surface area contributed by atoms with Gasteiger partial charge < -0.3 is 15.0 Å². The Bertz CT molecular complexity index is 1110. The molecule has 2 aliphatic heterocycles. The lowest BCUT2D eigenvalue weighted by atomic mass is 10.2. The van der Waals surface area contributed by atoms with Gasteiger partial charge in [0.15, 0.2) is 11.6 Å². The maximum atomic E-state index is 15.1. The summed E-state index contributed by atoms with van der Waals surface area (Å²) in [5.41, 5.74) is 0.390. The second-order valence-electron chi connectivity index (χ2n) is 8.01. The number of hydrogen-bond acceptors (Lipinski definition) is 8. The predicted molar refractivity (Wildman–Crippen MR) is 129 cm³/mol. The molecule has 2 fully saturated rings. The first-order chi connectivity index (χ1) is 16.7. The van der Waals surface area contributed by atoms with E-state index in [1.807, 2.05) is 0 Å². The first-order valence-electron chi connectivity index (χ1n) is 10.8. The number of nitro benzene ring substituents is 1. The SMILES string of the molecule is CC(=S)NCC1CN(c2cc(F)c(N3CCON(c4ccc([N+](=O)[O-])cc4)CC3)c(F)c2)C(=O)O1. The number of cyclic esters (lactones) is 1. The molecule has 1 unspecified atom stereocenters. The maximum absolute atomic E-state index is 15.1. The van der Waals surface area contributed by atoms with Crippen molar-refractivity contribution in [2.24, 2.45) is 0 Å². The predicted octanol–water partition coefficient (Wildman–Crippen LogP) is 3.39. The number of carbonyl (C=O) groups excluding carboxylic acids is 1. The van der Waals surface area contributed by atoms with Crippen molar-refractivity contribution < 1.29 is 28.1 Å². The van der Waals surface area contributed by atoms with Crippen molar-refractivity contribution in [3.63, 3.8) is 0 Å². The van der Waals surface area contributed by atoms with Crippen LogP contribution in [0, 0.1) is 21.7 Å². The second-order valence-corrected chi connectivity index (χ2v) is 8.62. The summed E-state index contributed by atoms with van der Waals surface area (Å²) in [6, 6.07) is 8.05. The third-order valence-corrected chi connectivity index (χ3v) is 5.76. The number of ether oxygens (including phenoxy) is 1. The van der Waals surface area contributed by atoms with Crippen LogP contribution in [0.2, 0.25) is 0 Å². The van der Waals surface area contributed by atoms with E-state index in [0.29, 0.717) is 17.2 Å². The number of rotatable bonds is 6. The summed E-state index contributed by atoms with van der Waals surface area (Å²) in [6.07, 6.45) is -1.19. The molecule has 186 valence electrons. The van der Waals surface area contributed by atoms with E-state index in [9.17, 15) is 14.9 Å². The van der Waals surface area contributed by atoms with Gasteiger partial charge in [0.1, 0.15) is 11.8 Å². The first-order valence-corrected chi connectivity index (χ1v) is 11.2. The Hall–Kier alpha value is -3.58. The van der Waals surface area contributed by atoms with Gasteiger partial charge in [0.05, 0.1) is 47.5 Å². The summed E-state index contributed by atoms with van der Waals surface area (Å²) in [5.74, 6) is -1.62. The molecule has 1 atom stereocenters. The van der Waals surface area contributed by atoms with Gasteiger partial charge in [-0.1, -0.05) is 12.2 Å². The Morgan fingerprint density at radius 1 is 1.17 bits per heavy atom. The maximum Gasteiger partial charge on any atom is 0.414 e. The quantitative estimate of drug-likeness (QED) is 0.358. The molecule has 2 aliphatic rings. The van der Waals surface area contributed by atoms with Gasteiger partial charge in [0.25, 0.3) is 5.69 Å². The van der Waals surface area contributed by atoms with Crippen LogP contribution in [0.5, 0.6) is 0 Å². The lowest BCUT2D eigenvalue weighted by Gasteiger charge is -2.25. The number of benzene rings is 2. The van der Waals surface area contributed by atoms with Gasteiger partial charge in [0.2, 0.25) is 0 Å². The minimum Gasteiger partial charge on any atom is -0.442 e. The number of nitrogens with zero attached hydrogens (tertiary/aromatic N) is 4. The van der Waals surface area contributed by atoms with E-state index in [1.165, 1.54) is 27.0 Å². The molecule has 10 nitrogen and oxygen atoms in total. The number of anilines is 3. The molecule has 0 saturated carbocycles. The third kappa shape index (κ3) is 5.57. The zero-order valence-electron chi connectivity index (χ0n) is 18.8. The fraction of sp³-hybridized carbons (Fsp3) is 0.364. The van der Waals surface area contributed by atoms with Crippen LogP contribution in [0.3, 0.4) is 0 Å². The lowest BCUT2D eigenvalue weighted by Crippen LogP contribution is -2.33. The largest absolute Gasteiger partial charge is 0.442 e. The molecule has 1 amide bonds. The fourth-order valence-electron chi connectivity index (χ4n) is 3.92. The minimum absolute atomic E-state index is 0.0484. The Morgan fingerprint density at radius 2 is 1.86 bits per heavy atom. The number of hydrogen-bond donors (Lipinski definition) is 1. The number of halogens is 2. The Kier molecular flexibility index (Phi) is 7.26. The van der Waals surface area contributed by atoms with Crippen molar-refractivity contribution in [3.8, 4) is 0 Å². The molecule has 1 N–H and O–H groups in total. The van der Waals surface area contributed by atoms with Gasteiger partial charge in [-0.3, -0.25) is 24.9 Å². The standard InChI is InChI=1S/C22H23F2N5O5S/c1-14(35)25-12-18-13-27(22(30)34-18)17-10-19(23)21(20(24)11-17)26-6-7-28(33-9-8-26)15-2-4-16(5-3-15)29(31)32/h2-5,10-11,18H,6-9,12-13H2,1H3,(H,25,35). The summed E-state index contributed by atoms with van der Waals surface area (Å²) in [7, 11) is 0. The lowest BCUT2D eigenvalue weighted by molar-refractivity contribution is -0.384. The molecule has 13 heteroatoms. The molecule has 35 heavy (non-hydrogen) atoms. The topological polar surface area (TPSA) is 100 Å². The van der Waals surface area contributed by atoms with Gasteiger partial charge in [-0.25, -0.2) is 13.6 Å². The van der Waals surface area contributed by atoms with Crippen LogP contribution in [0.1, 0.15) is 6.92 Å². The van der Waals surface area contributed by atoms with E-state index in [1.54, 1.807) is 19.1 Å². The summed E-state index contributed by atoms with van der Waals surface area (Å²) >= 11 is 4.95. The molecule has 0 spiro atoms. The molecule has 2 saturated heterocycles. The highest BCUT2D eigenvalue weighted by atomic mass is 32.1. The first kappa shape index (κ1) is 24.5. The van der Waals surface area contributed by atoms with Gasteiger partial charge in [0, 0.05) is 37.4 Å². The fourth-order valence-corrected chi connectivity index (χ4v) is 4.01. The van der Waals surface area contributed by atoms with Gasteiger partial charge in [-0.05, 0) is 19.1 Å². The van der Waals surface area contributed by atoms with Crippen LogP contribution in [0.25, 0.3) is 0 Å². The van der Waals surface area contributed by atoms with E-state index in [4.69, 9.17) is 21.8 Å².